The van der Waals surface area contributed by atoms with Gasteiger partial charge in [0.25, 0.3) is 0 Å². The van der Waals surface area contributed by atoms with Gasteiger partial charge in [-0.05, 0) is 31.7 Å². The number of hydrogen-bond acceptors (Lipinski definition) is 4. The van der Waals surface area contributed by atoms with E-state index in [1.165, 1.54) is 12.8 Å². The van der Waals surface area contributed by atoms with E-state index in [4.69, 9.17) is 5.73 Å². The molecule has 7 heteroatoms. The Balaban J connectivity index is 1.69. The first-order chi connectivity index (χ1) is 12.2. The van der Waals surface area contributed by atoms with Crippen LogP contribution in [0, 0.1) is 5.92 Å². The maximum Gasteiger partial charge on any atom is 0.222 e. The van der Waals surface area contributed by atoms with E-state index in [1.807, 2.05) is 19.3 Å². The second-order valence-electron chi connectivity index (χ2n) is 6.77. The Hall–Kier alpha value is -2.31. The van der Waals surface area contributed by atoms with Gasteiger partial charge in [-0.15, -0.1) is 0 Å². The molecule has 0 aromatic carbocycles. The highest BCUT2D eigenvalue weighted by atomic mass is 16.1. The van der Waals surface area contributed by atoms with Crippen molar-refractivity contribution in [3.05, 3.63) is 23.9 Å². The smallest absolute Gasteiger partial charge is 0.222 e. The number of likely N-dealkylation sites (tertiary alicyclic amines) is 1. The summed E-state index contributed by atoms with van der Waals surface area (Å²) in [5.74, 6) is 1.59. The zero-order chi connectivity index (χ0) is 17.6. The molecule has 25 heavy (non-hydrogen) atoms. The van der Waals surface area contributed by atoms with E-state index in [2.05, 4.69) is 31.2 Å². The summed E-state index contributed by atoms with van der Waals surface area (Å²) >= 11 is 0. The van der Waals surface area contributed by atoms with Gasteiger partial charge in [-0.25, -0.2) is 4.98 Å². The Labute approximate surface area is 149 Å². The van der Waals surface area contributed by atoms with Crippen LogP contribution in [0.5, 0.6) is 0 Å². The van der Waals surface area contributed by atoms with Gasteiger partial charge >= 0.3 is 0 Å². The molecule has 7 nitrogen and oxygen atoms in total. The molecule has 1 atom stereocenters. The number of amides is 1. The predicted molar refractivity (Wildman–Crippen MR) is 99.4 cm³/mol. The number of aliphatic imine (C=N–C) groups is 1. The summed E-state index contributed by atoms with van der Waals surface area (Å²) in [4.78, 5) is 25.0. The normalized spacial score (nSPS) is 21.5. The molecular weight excluding hydrogens is 316 g/mol. The van der Waals surface area contributed by atoms with Crippen LogP contribution in [-0.2, 0) is 11.3 Å². The Morgan fingerprint density at radius 1 is 1.36 bits per heavy atom. The van der Waals surface area contributed by atoms with Gasteiger partial charge in [0.15, 0.2) is 5.96 Å². The Bertz CT molecular complexity index is 626. The minimum Gasteiger partial charge on any atom is -0.369 e. The second-order valence-corrected chi connectivity index (χ2v) is 6.77. The molecule has 2 aliphatic heterocycles. The number of nitrogens with zero attached hydrogens (tertiary/aromatic N) is 4. The van der Waals surface area contributed by atoms with Gasteiger partial charge in [0.1, 0.15) is 5.82 Å². The van der Waals surface area contributed by atoms with Gasteiger partial charge in [0.05, 0.1) is 5.92 Å². The van der Waals surface area contributed by atoms with Gasteiger partial charge in [0, 0.05) is 51.5 Å². The third-order valence-corrected chi connectivity index (χ3v) is 5.05. The number of hydrogen-bond donors (Lipinski definition) is 2. The molecule has 1 amide bonds. The van der Waals surface area contributed by atoms with Gasteiger partial charge < -0.3 is 20.9 Å². The van der Waals surface area contributed by atoms with Crippen molar-refractivity contribution in [1.29, 1.82) is 0 Å². The highest BCUT2D eigenvalue weighted by Crippen LogP contribution is 2.24. The van der Waals surface area contributed by atoms with Gasteiger partial charge in [-0.2, -0.15) is 0 Å². The summed E-state index contributed by atoms with van der Waals surface area (Å²) in [7, 11) is 1.83. The van der Waals surface area contributed by atoms with Crippen molar-refractivity contribution in [2.45, 2.75) is 32.2 Å². The van der Waals surface area contributed by atoms with Crippen LogP contribution in [0.1, 0.15) is 31.2 Å². The summed E-state index contributed by atoms with van der Waals surface area (Å²) in [6, 6.07) is 4.04. The molecule has 0 bridgehead atoms. The Morgan fingerprint density at radius 3 is 2.88 bits per heavy atom. The summed E-state index contributed by atoms with van der Waals surface area (Å²) < 4.78 is 0. The number of rotatable bonds is 4. The molecular formula is C18H28N6O. The quantitative estimate of drug-likeness (QED) is 0.627. The van der Waals surface area contributed by atoms with E-state index in [0.717, 1.165) is 49.8 Å². The second kappa shape index (κ2) is 8.18. The molecule has 136 valence electrons. The average Bonchev–Trinajstić information content (AvgIpc) is 3.17. The third-order valence-electron chi connectivity index (χ3n) is 5.05. The molecule has 0 spiro atoms. The summed E-state index contributed by atoms with van der Waals surface area (Å²) in [6.45, 7) is 4.36. The van der Waals surface area contributed by atoms with Crippen molar-refractivity contribution in [2.75, 3.05) is 38.1 Å². The lowest BCUT2D eigenvalue weighted by atomic mass is 9.97. The summed E-state index contributed by atoms with van der Waals surface area (Å²) in [6.07, 6.45) is 6.09. The predicted octanol–water partition coefficient (Wildman–Crippen LogP) is 0.955. The number of nitrogens with two attached hydrogens (primary N) is 1. The maximum absolute atomic E-state index is 11.6. The van der Waals surface area contributed by atoms with Crippen LogP contribution in [0.3, 0.4) is 0 Å². The largest absolute Gasteiger partial charge is 0.369 e. The number of nitrogens with one attached hydrogen (secondary N) is 1. The fraction of sp³-hybridized carbons (Fsp3) is 0.611. The standard InChI is InChI=1S/C18H28N6O/c1-20-18(23-9-2-3-10-23)22-12-14-6-4-8-21-17(14)24-11-5-7-15(13-24)16(19)25/h4,6,8,15H,2-3,5,7,9-13H2,1H3,(H2,19,25)(H,20,22). The lowest BCUT2D eigenvalue weighted by molar-refractivity contribution is -0.122. The van der Waals surface area contributed by atoms with Crippen molar-refractivity contribution in [2.24, 2.45) is 16.6 Å². The van der Waals surface area contributed by atoms with Crippen molar-refractivity contribution < 1.29 is 4.79 Å². The summed E-state index contributed by atoms with van der Waals surface area (Å²) in [5.41, 5.74) is 6.63. The highest BCUT2D eigenvalue weighted by molar-refractivity contribution is 5.80. The Kier molecular flexibility index (Phi) is 5.73. The molecule has 3 N–H and O–H groups in total. The first-order valence-corrected chi connectivity index (χ1v) is 9.13. The number of anilines is 1. The number of guanidine groups is 1. The van der Waals surface area contributed by atoms with Crippen LogP contribution in [0.25, 0.3) is 0 Å². The number of primary amides is 1. The van der Waals surface area contributed by atoms with Gasteiger partial charge in [-0.1, -0.05) is 6.07 Å². The first kappa shape index (κ1) is 17.5. The third kappa shape index (κ3) is 4.21. The highest BCUT2D eigenvalue weighted by Gasteiger charge is 2.26. The molecule has 1 aromatic heterocycles. The van der Waals surface area contributed by atoms with Crippen LogP contribution < -0.4 is 16.0 Å². The van der Waals surface area contributed by atoms with Crippen molar-refractivity contribution in [1.82, 2.24) is 15.2 Å². The van der Waals surface area contributed by atoms with E-state index in [0.29, 0.717) is 13.1 Å². The molecule has 0 saturated carbocycles. The fourth-order valence-corrected chi connectivity index (χ4v) is 3.69. The minimum atomic E-state index is -0.213. The molecule has 3 heterocycles. The SMILES string of the molecule is CN=C(NCc1cccnc1N1CCCC(C(N)=O)C1)N1CCCC1. The van der Waals surface area contributed by atoms with Crippen molar-refractivity contribution in [3.8, 4) is 0 Å². The van der Waals surface area contributed by atoms with E-state index < -0.39 is 0 Å². The number of piperidine rings is 1. The van der Waals surface area contributed by atoms with E-state index in [1.54, 1.807) is 0 Å². The Morgan fingerprint density at radius 2 is 2.16 bits per heavy atom. The number of carbonyl (C=O) groups is 1. The van der Waals surface area contributed by atoms with E-state index in [9.17, 15) is 4.79 Å². The summed E-state index contributed by atoms with van der Waals surface area (Å²) in [5, 5.41) is 3.46. The molecule has 1 unspecified atom stereocenters. The molecule has 2 saturated heterocycles. The topological polar surface area (TPSA) is 86.9 Å². The van der Waals surface area contributed by atoms with Crippen molar-refractivity contribution in [3.63, 3.8) is 0 Å². The monoisotopic (exact) mass is 344 g/mol. The fourth-order valence-electron chi connectivity index (χ4n) is 3.69. The molecule has 0 radical (unpaired) electrons. The molecule has 2 aliphatic rings. The zero-order valence-electron chi connectivity index (χ0n) is 14.9. The lowest BCUT2D eigenvalue weighted by Crippen LogP contribution is -2.42. The first-order valence-electron chi connectivity index (χ1n) is 9.13. The molecule has 2 fully saturated rings. The number of pyridine rings is 1. The number of carbonyl (C=O) groups excluding carboxylic acids is 1. The molecule has 3 rings (SSSR count). The van der Waals surface area contributed by atoms with E-state index in [-0.39, 0.29) is 11.8 Å². The minimum absolute atomic E-state index is 0.0890. The van der Waals surface area contributed by atoms with Gasteiger partial charge in [0.2, 0.25) is 5.91 Å². The maximum atomic E-state index is 11.6. The average molecular weight is 344 g/mol. The molecule has 0 aliphatic carbocycles. The van der Waals surface area contributed by atoms with Crippen LogP contribution in [0.15, 0.2) is 23.3 Å². The van der Waals surface area contributed by atoms with E-state index >= 15 is 0 Å². The van der Waals surface area contributed by atoms with Gasteiger partial charge in [-0.3, -0.25) is 9.79 Å². The molecule has 1 aromatic rings. The van der Waals surface area contributed by atoms with Crippen LogP contribution >= 0.6 is 0 Å². The number of aromatic nitrogens is 1. The van der Waals surface area contributed by atoms with Crippen LogP contribution in [0.4, 0.5) is 5.82 Å². The van der Waals surface area contributed by atoms with Crippen molar-refractivity contribution >= 4 is 17.7 Å². The van der Waals surface area contributed by atoms with Crippen LogP contribution in [-0.4, -0.2) is 55.0 Å². The zero-order valence-corrected chi connectivity index (χ0v) is 14.9. The lowest BCUT2D eigenvalue weighted by Gasteiger charge is -2.33. The van der Waals surface area contributed by atoms with Crippen LogP contribution in [0.2, 0.25) is 0 Å².